The maximum Gasteiger partial charge on any atom is 0.234 e. The molecule has 0 unspecified atom stereocenters. The minimum atomic E-state index is -0.627. The van der Waals surface area contributed by atoms with Gasteiger partial charge in [0, 0.05) is 25.9 Å². The van der Waals surface area contributed by atoms with E-state index in [9.17, 15) is 24.0 Å². The topological polar surface area (TPSA) is 151 Å². The third-order valence-corrected chi connectivity index (χ3v) is 4.21. The van der Waals surface area contributed by atoms with Gasteiger partial charge < -0.3 is 26.4 Å². The molecule has 0 saturated heterocycles. The molecule has 0 aliphatic rings. The van der Waals surface area contributed by atoms with Gasteiger partial charge in [0.05, 0.1) is 19.6 Å². The van der Waals surface area contributed by atoms with Crippen molar-refractivity contribution < 1.29 is 24.0 Å². The number of carbonyl (C=O) groups excluding carboxylic acids is 5. The Labute approximate surface area is 179 Å². The lowest BCUT2D eigenvalue weighted by atomic mass is 10.1. The van der Waals surface area contributed by atoms with Gasteiger partial charge in [-0.3, -0.25) is 24.1 Å². The summed E-state index contributed by atoms with van der Waals surface area (Å²) in [4.78, 5) is 58.5. The zero-order chi connectivity index (χ0) is 22.8. The van der Waals surface area contributed by atoms with Crippen molar-refractivity contribution in [2.45, 2.75) is 58.3 Å². The summed E-state index contributed by atoms with van der Waals surface area (Å²) in [6.07, 6.45) is 5.38. The molecule has 0 fully saturated rings. The minimum Gasteiger partial charge on any atom is -0.409 e. The van der Waals surface area contributed by atoms with E-state index in [4.69, 9.17) is 13.7 Å². The van der Waals surface area contributed by atoms with Crippen molar-refractivity contribution in [1.82, 2.24) is 20.8 Å². The lowest BCUT2D eigenvalue weighted by Gasteiger charge is -2.19. The predicted molar refractivity (Wildman–Crippen MR) is 113 cm³/mol. The van der Waals surface area contributed by atoms with Crippen LogP contribution in [0.5, 0.6) is 0 Å². The summed E-state index contributed by atoms with van der Waals surface area (Å²) in [5, 5.41) is 7.51. The summed E-state index contributed by atoms with van der Waals surface area (Å²) in [5.41, 5.74) is 5.20. The standard InChI is InChI=1S/C19H34BN5O5/c1-15(26)8-4-2-6-10-22-18(29)13-25(12-16(21)27)14-19(30)23-11-7-3-5-9-17(28)24-20/h2-14H2,1H3,(H2,21,27)(H,22,29)(H,23,30)(H,24,28). The molecule has 2 radical (unpaired) electrons. The first-order valence-corrected chi connectivity index (χ1v) is 10.3. The monoisotopic (exact) mass is 423 g/mol. The van der Waals surface area contributed by atoms with E-state index in [1.54, 1.807) is 6.92 Å². The molecule has 0 spiro atoms. The second-order valence-corrected chi connectivity index (χ2v) is 7.20. The maximum atomic E-state index is 12.0. The van der Waals surface area contributed by atoms with E-state index in [-0.39, 0.29) is 43.1 Å². The molecule has 0 aliphatic carbocycles. The largest absolute Gasteiger partial charge is 0.409 e. The Balaban J connectivity index is 4.08. The van der Waals surface area contributed by atoms with Gasteiger partial charge in [-0.05, 0) is 32.6 Å². The van der Waals surface area contributed by atoms with Gasteiger partial charge in [-0.25, -0.2) is 0 Å². The highest BCUT2D eigenvalue weighted by atomic mass is 16.2. The summed E-state index contributed by atoms with van der Waals surface area (Å²) < 4.78 is 0. The van der Waals surface area contributed by atoms with Crippen molar-refractivity contribution >= 4 is 37.4 Å². The zero-order valence-electron chi connectivity index (χ0n) is 17.8. The lowest BCUT2D eigenvalue weighted by Crippen LogP contribution is -2.46. The summed E-state index contributed by atoms with van der Waals surface area (Å²) in [6, 6.07) is 0. The van der Waals surface area contributed by atoms with Crippen molar-refractivity contribution in [2.24, 2.45) is 5.73 Å². The van der Waals surface area contributed by atoms with Crippen LogP contribution in [0.2, 0.25) is 0 Å². The average Bonchev–Trinajstić information content (AvgIpc) is 2.66. The van der Waals surface area contributed by atoms with Gasteiger partial charge in [-0.2, -0.15) is 0 Å². The van der Waals surface area contributed by atoms with Crippen LogP contribution in [0, 0.1) is 0 Å². The fourth-order valence-electron chi connectivity index (χ4n) is 2.70. The number of primary amides is 1. The average molecular weight is 423 g/mol. The molecule has 10 nitrogen and oxygen atoms in total. The number of nitrogens with one attached hydrogen (secondary N) is 3. The minimum absolute atomic E-state index is 0.113. The van der Waals surface area contributed by atoms with Crippen LogP contribution in [-0.4, -0.2) is 75.0 Å². The van der Waals surface area contributed by atoms with Gasteiger partial charge in [0.1, 0.15) is 5.78 Å². The van der Waals surface area contributed by atoms with Crippen LogP contribution in [-0.2, 0) is 24.0 Å². The Hall–Kier alpha value is -2.43. The van der Waals surface area contributed by atoms with Crippen LogP contribution in [0.25, 0.3) is 0 Å². The van der Waals surface area contributed by atoms with E-state index in [0.717, 1.165) is 25.7 Å². The fraction of sp³-hybridized carbons (Fsp3) is 0.737. The molecule has 0 aromatic heterocycles. The molecule has 11 heteroatoms. The first kappa shape index (κ1) is 27.6. The van der Waals surface area contributed by atoms with E-state index in [1.807, 2.05) is 0 Å². The first-order chi connectivity index (χ1) is 14.2. The highest BCUT2D eigenvalue weighted by molar-refractivity contribution is 6.14. The molecule has 0 atom stereocenters. The van der Waals surface area contributed by atoms with Crippen molar-refractivity contribution in [3.05, 3.63) is 0 Å². The summed E-state index contributed by atoms with van der Waals surface area (Å²) in [6.45, 7) is 2.01. The van der Waals surface area contributed by atoms with E-state index < -0.39 is 5.91 Å². The Morgan fingerprint density at radius 2 is 1.23 bits per heavy atom. The smallest absolute Gasteiger partial charge is 0.234 e. The Bertz CT molecular complexity index is 574. The normalized spacial score (nSPS) is 10.5. The van der Waals surface area contributed by atoms with Gasteiger partial charge >= 0.3 is 0 Å². The van der Waals surface area contributed by atoms with Crippen LogP contribution in [0.15, 0.2) is 0 Å². The third kappa shape index (κ3) is 17.7. The Morgan fingerprint density at radius 3 is 1.67 bits per heavy atom. The zero-order valence-corrected chi connectivity index (χ0v) is 17.8. The number of nitrogens with two attached hydrogens (primary N) is 1. The molecule has 5 N–H and O–H groups in total. The van der Waals surface area contributed by atoms with E-state index in [0.29, 0.717) is 38.8 Å². The van der Waals surface area contributed by atoms with Crippen molar-refractivity contribution in [3.8, 4) is 0 Å². The predicted octanol–water partition coefficient (Wildman–Crippen LogP) is -1.08. The van der Waals surface area contributed by atoms with Crippen molar-refractivity contribution in [2.75, 3.05) is 32.7 Å². The van der Waals surface area contributed by atoms with Crippen molar-refractivity contribution in [1.29, 1.82) is 0 Å². The van der Waals surface area contributed by atoms with Crippen LogP contribution in [0.1, 0.15) is 58.3 Å². The molecule has 4 amide bonds. The number of amides is 4. The summed E-state index contributed by atoms with van der Waals surface area (Å²) in [5.74, 6) is -1.31. The lowest BCUT2D eigenvalue weighted by molar-refractivity contribution is -0.127. The molecule has 0 saturated carbocycles. The number of carbonyl (C=O) groups is 5. The molecule has 0 aromatic carbocycles. The van der Waals surface area contributed by atoms with E-state index >= 15 is 0 Å². The SMILES string of the molecule is [B]NC(=O)CCCCCNC(=O)CN(CC(N)=O)CC(=O)NCCCCCC(C)=O. The second kappa shape index (κ2) is 17.4. The molecule has 0 bridgehead atoms. The van der Waals surface area contributed by atoms with Gasteiger partial charge in [-0.1, -0.05) is 12.8 Å². The van der Waals surface area contributed by atoms with E-state index in [2.05, 4.69) is 15.9 Å². The van der Waals surface area contributed by atoms with Crippen molar-refractivity contribution in [3.63, 3.8) is 0 Å². The van der Waals surface area contributed by atoms with Crippen LogP contribution < -0.4 is 21.6 Å². The number of Topliss-reactive ketones (excluding diaryl/α,β-unsaturated/α-hetero) is 1. The maximum absolute atomic E-state index is 12.0. The second-order valence-electron chi connectivity index (χ2n) is 7.20. The highest BCUT2D eigenvalue weighted by Gasteiger charge is 2.16. The van der Waals surface area contributed by atoms with Crippen LogP contribution in [0.3, 0.4) is 0 Å². The number of nitrogens with zero attached hydrogens (tertiary/aromatic N) is 1. The molecular weight excluding hydrogens is 389 g/mol. The quantitative estimate of drug-likeness (QED) is 0.163. The number of hydrogen-bond donors (Lipinski definition) is 4. The summed E-state index contributed by atoms with van der Waals surface area (Å²) >= 11 is 0. The Kier molecular flexibility index (Phi) is 16.0. The van der Waals surface area contributed by atoms with Gasteiger partial charge in [0.2, 0.25) is 31.6 Å². The number of ketones is 1. The Morgan fingerprint density at radius 1 is 0.733 bits per heavy atom. The molecular formula is C19H34BN5O5. The first-order valence-electron chi connectivity index (χ1n) is 10.3. The van der Waals surface area contributed by atoms with Gasteiger partial charge in [0.25, 0.3) is 0 Å². The molecule has 30 heavy (non-hydrogen) atoms. The molecule has 0 rings (SSSR count). The van der Waals surface area contributed by atoms with Crippen LogP contribution >= 0.6 is 0 Å². The number of hydrogen-bond acceptors (Lipinski definition) is 6. The van der Waals surface area contributed by atoms with Gasteiger partial charge in [-0.15, -0.1) is 0 Å². The fourth-order valence-corrected chi connectivity index (χ4v) is 2.70. The summed E-state index contributed by atoms with van der Waals surface area (Å²) in [7, 11) is 4.99. The van der Waals surface area contributed by atoms with E-state index in [1.165, 1.54) is 4.90 Å². The molecule has 0 aliphatic heterocycles. The highest BCUT2D eigenvalue weighted by Crippen LogP contribution is 2.00. The van der Waals surface area contributed by atoms with Crippen LogP contribution in [0.4, 0.5) is 0 Å². The molecule has 0 aromatic rings. The molecule has 0 heterocycles. The number of unbranched alkanes of at least 4 members (excludes halogenated alkanes) is 4. The van der Waals surface area contributed by atoms with Gasteiger partial charge in [0.15, 0.2) is 0 Å². The third-order valence-electron chi connectivity index (χ3n) is 4.21. The number of rotatable bonds is 18. The molecule has 168 valence electrons.